The van der Waals surface area contributed by atoms with Crippen molar-refractivity contribution in [2.24, 2.45) is 0 Å². The number of thiophene rings is 1. The van der Waals surface area contributed by atoms with Gasteiger partial charge in [0.1, 0.15) is 4.21 Å². The lowest BCUT2D eigenvalue weighted by Gasteiger charge is -2.12. The number of rotatable bonds is 8. The van der Waals surface area contributed by atoms with E-state index in [2.05, 4.69) is 23.9 Å². The van der Waals surface area contributed by atoms with Gasteiger partial charge in [-0.25, -0.2) is 13.1 Å². The summed E-state index contributed by atoms with van der Waals surface area (Å²) in [6, 6.07) is 2.16. The molecule has 0 bridgehead atoms. The molecule has 1 heterocycles. The van der Waals surface area contributed by atoms with Gasteiger partial charge < -0.3 is 5.32 Å². The average Bonchev–Trinajstić information content (AvgIpc) is 3.02. The molecule has 1 aliphatic rings. The SMILES string of the molecule is CSC1(CNS(=O)(=O)c2cc(CNC(C)C)cs2)CC1. The van der Waals surface area contributed by atoms with Crippen LogP contribution in [-0.2, 0) is 16.6 Å². The molecule has 0 aliphatic heterocycles. The highest BCUT2D eigenvalue weighted by molar-refractivity contribution is 8.00. The summed E-state index contributed by atoms with van der Waals surface area (Å²) < 4.78 is 27.8. The first-order chi connectivity index (χ1) is 9.37. The first kappa shape index (κ1) is 16.3. The monoisotopic (exact) mass is 334 g/mol. The molecule has 1 fully saturated rings. The molecule has 1 aliphatic carbocycles. The van der Waals surface area contributed by atoms with Crippen LogP contribution in [0.2, 0.25) is 0 Å². The number of hydrogen-bond acceptors (Lipinski definition) is 5. The van der Waals surface area contributed by atoms with Crippen LogP contribution in [0, 0.1) is 0 Å². The molecule has 1 saturated carbocycles. The van der Waals surface area contributed by atoms with Gasteiger partial charge in [0, 0.05) is 23.9 Å². The lowest BCUT2D eigenvalue weighted by molar-refractivity contribution is 0.580. The van der Waals surface area contributed by atoms with Gasteiger partial charge in [0.15, 0.2) is 0 Å². The van der Waals surface area contributed by atoms with Crippen molar-refractivity contribution in [3.8, 4) is 0 Å². The number of hydrogen-bond donors (Lipinski definition) is 2. The van der Waals surface area contributed by atoms with Gasteiger partial charge >= 0.3 is 0 Å². The third kappa shape index (κ3) is 4.21. The van der Waals surface area contributed by atoms with Gasteiger partial charge in [0.25, 0.3) is 0 Å². The summed E-state index contributed by atoms with van der Waals surface area (Å²) in [6.45, 7) is 5.39. The molecule has 20 heavy (non-hydrogen) atoms. The molecule has 0 spiro atoms. The molecule has 0 radical (unpaired) electrons. The normalized spacial score (nSPS) is 17.6. The molecule has 4 nitrogen and oxygen atoms in total. The van der Waals surface area contributed by atoms with E-state index in [1.54, 1.807) is 17.8 Å². The van der Waals surface area contributed by atoms with Crippen molar-refractivity contribution in [3.05, 3.63) is 17.0 Å². The topological polar surface area (TPSA) is 58.2 Å². The highest BCUT2D eigenvalue weighted by atomic mass is 32.2. The number of thioether (sulfide) groups is 1. The van der Waals surface area contributed by atoms with Crippen molar-refractivity contribution < 1.29 is 8.42 Å². The molecule has 1 aromatic heterocycles. The number of sulfonamides is 1. The Morgan fingerprint density at radius 2 is 2.15 bits per heavy atom. The third-order valence-corrected chi connectivity index (χ3v) is 7.74. The van der Waals surface area contributed by atoms with Crippen LogP contribution in [0.4, 0.5) is 0 Å². The zero-order valence-electron chi connectivity index (χ0n) is 12.1. The highest BCUT2D eigenvalue weighted by Gasteiger charge is 2.42. The molecule has 0 atom stereocenters. The van der Waals surface area contributed by atoms with Gasteiger partial charge in [-0.3, -0.25) is 0 Å². The molecule has 0 unspecified atom stereocenters. The predicted octanol–water partition coefficient (Wildman–Crippen LogP) is 2.42. The van der Waals surface area contributed by atoms with Crippen molar-refractivity contribution in [1.29, 1.82) is 0 Å². The fraction of sp³-hybridized carbons (Fsp3) is 0.692. The maximum absolute atomic E-state index is 12.2. The fourth-order valence-electron chi connectivity index (χ4n) is 1.80. The van der Waals surface area contributed by atoms with Crippen LogP contribution in [0.25, 0.3) is 0 Å². The van der Waals surface area contributed by atoms with E-state index < -0.39 is 10.0 Å². The van der Waals surface area contributed by atoms with E-state index >= 15 is 0 Å². The van der Waals surface area contributed by atoms with Crippen LogP contribution >= 0.6 is 23.1 Å². The summed E-state index contributed by atoms with van der Waals surface area (Å²) in [6.07, 6.45) is 4.25. The van der Waals surface area contributed by atoms with Gasteiger partial charge in [-0.1, -0.05) is 13.8 Å². The van der Waals surface area contributed by atoms with Crippen LogP contribution in [0.5, 0.6) is 0 Å². The van der Waals surface area contributed by atoms with Gasteiger partial charge in [0.05, 0.1) is 0 Å². The van der Waals surface area contributed by atoms with Crippen LogP contribution in [0.15, 0.2) is 15.7 Å². The lowest BCUT2D eigenvalue weighted by Crippen LogP contribution is -2.31. The van der Waals surface area contributed by atoms with Gasteiger partial charge in [-0.05, 0) is 36.1 Å². The lowest BCUT2D eigenvalue weighted by atomic mass is 10.3. The standard InChI is InChI=1S/C13H22N2O2S3/c1-10(2)14-7-11-6-12(19-8-11)20(16,17)15-9-13(18-3)4-5-13/h6,8,10,14-15H,4-5,7,9H2,1-3H3. The molecule has 2 rings (SSSR count). The Bertz CT molecular complexity index is 548. The quantitative estimate of drug-likeness (QED) is 0.766. The van der Waals surface area contributed by atoms with Crippen LogP contribution < -0.4 is 10.0 Å². The zero-order chi connectivity index (χ0) is 14.8. The van der Waals surface area contributed by atoms with Gasteiger partial charge in [0.2, 0.25) is 10.0 Å². The predicted molar refractivity (Wildman–Crippen MR) is 87.0 cm³/mol. The summed E-state index contributed by atoms with van der Waals surface area (Å²) in [4.78, 5) is 0. The van der Waals surface area contributed by atoms with Crippen LogP contribution in [0.3, 0.4) is 0 Å². The summed E-state index contributed by atoms with van der Waals surface area (Å²) in [5.74, 6) is 0. The largest absolute Gasteiger partial charge is 0.310 e. The maximum atomic E-state index is 12.2. The maximum Gasteiger partial charge on any atom is 0.250 e. The Kier molecular flexibility index (Phi) is 5.18. The Balaban J connectivity index is 1.95. The Morgan fingerprint density at radius 1 is 1.45 bits per heavy atom. The number of nitrogens with one attached hydrogen (secondary N) is 2. The van der Waals surface area contributed by atoms with Crippen molar-refractivity contribution in [1.82, 2.24) is 10.0 Å². The summed E-state index contributed by atoms with van der Waals surface area (Å²) in [5.41, 5.74) is 1.02. The minimum atomic E-state index is -3.35. The minimum Gasteiger partial charge on any atom is -0.310 e. The first-order valence-corrected chi connectivity index (χ1v) is 10.3. The summed E-state index contributed by atoms with van der Waals surface area (Å²) >= 11 is 3.05. The second-order valence-electron chi connectivity index (χ2n) is 5.52. The molecular weight excluding hydrogens is 312 g/mol. The van der Waals surface area contributed by atoms with Gasteiger partial charge in [-0.15, -0.1) is 11.3 Å². The third-order valence-electron chi connectivity index (χ3n) is 3.43. The average molecular weight is 335 g/mol. The van der Waals surface area contributed by atoms with Crippen LogP contribution in [0.1, 0.15) is 32.3 Å². The van der Waals surface area contributed by atoms with E-state index in [0.717, 1.165) is 18.4 Å². The Morgan fingerprint density at radius 3 is 2.70 bits per heavy atom. The molecule has 114 valence electrons. The summed E-state index contributed by atoms with van der Waals surface area (Å²) in [7, 11) is -3.35. The van der Waals surface area contributed by atoms with Crippen molar-refractivity contribution in [3.63, 3.8) is 0 Å². The zero-order valence-corrected chi connectivity index (χ0v) is 14.6. The Labute approximate surface area is 129 Å². The van der Waals surface area contributed by atoms with Crippen LogP contribution in [-0.4, -0.2) is 32.0 Å². The molecule has 0 saturated heterocycles. The highest BCUT2D eigenvalue weighted by Crippen LogP contribution is 2.46. The molecule has 1 aromatic rings. The summed E-state index contributed by atoms with van der Waals surface area (Å²) in [5, 5.41) is 5.20. The van der Waals surface area contributed by atoms with E-state index in [1.165, 1.54) is 11.3 Å². The molecule has 0 amide bonds. The molecule has 2 N–H and O–H groups in total. The van der Waals surface area contributed by atoms with E-state index in [9.17, 15) is 8.42 Å². The van der Waals surface area contributed by atoms with Crippen molar-refractivity contribution in [2.45, 2.75) is 48.2 Å². The minimum absolute atomic E-state index is 0.145. The van der Waals surface area contributed by atoms with E-state index in [-0.39, 0.29) is 4.75 Å². The van der Waals surface area contributed by atoms with Crippen molar-refractivity contribution in [2.75, 3.05) is 12.8 Å². The van der Waals surface area contributed by atoms with E-state index in [0.29, 0.717) is 23.3 Å². The van der Waals surface area contributed by atoms with E-state index in [1.807, 2.05) is 11.6 Å². The smallest absolute Gasteiger partial charge is 0.250 e. The second-order valence-corrected chi connectivity index (χ2v) is 9.70. The second kappa shape index (κ2) is 6.36. The van der Waals surface area contributed by atoms with Crippen molar-refractivity contribution >= 4 is 33.1 Å². The fourth-order valence-corrected chi connectivity index (χ4v) is 5.00. The first-order valence-electron chi connectivity index (χ1n) is 6.72. The molecule has 7 heteroatoms. The van der Waals surface area contributed by atoms with E-state index in [4.69, 9.17) is 0 Å². The Hall–Kier alpha value is -0.0800. The van der Waals surface area contributed by atoms with Gasteiger partial charge in [-0.2, -0.15) is 11.8 Å². The molecule has 0 aromatic carbocycles. The molecular formula is C13H22N2O2S3.